The largest absolute Gasteiger partial charge is 0.491 e. The lowest BCUT2D eigenvalue weighted by atomic mass is 10.1. The first-order valence-electron chi connectivity index (χ1n) is 6.59. The zero-order valence-corrected chi connectivity index (χ0v) is 12.4. The third-order valence-corrected chi connectivity index (χ3v) is 2.81. The Bertz CT molecular complexity index is 469. The number of nitro groups is 1. The van der Waals surface area contributed by atoms with E-state index in [1.165, 1.54) is 6.07 Å². The quantitative estimate of drug-likeness (QED) is 0.602. The van der Waals surface area contributed by atoms with E-state index >= 15 is 0 Å². The van der Waals surface area contributed by atoms with Crippen LogP contribution >= 0.6 is 0 Å². The van der Waals surface area contributed by atoms with Crippen LogP contribution in [0.2, 0.25) is 0 Å². The van der Waals surface area contributed by atoms with Gasteiger partial charge in [0.2, 0.25) is 0 Å². The molecule has 112 valence electrons. The first kappa shape index (κ1) is 16.4. The Labute approximate surface area is 118 Å². The highest BCUT2D eigenvalue weighted by atomic mass is 16.6. The van der Waals surface area contributed by atoms with Crippen molar-refractivity contribution in [1.29, 1.82) is 0 Å². The van der Waals surface area contributed by atoms with E-state index in [1.54, 1.807) is 19.1 Å². The normalized spacial score (nSPS) is 13.1. The number of benzene rings is 1. The molecule has 1 aromatic rings. The monoisotopic (exact) mass is 283 g/mol. The fraction of sp³-hybridized carbons (Fsp3) is 0.571. The van der Waals surface area contributed by atoms with Crippen molar-refractivity contribution in [3.63, 3.8) is 0 Å². The molecule has 0 aliphatic carbocycles. The van der Waals surface area contributed by atoms with Crippen LogP contribution in [-0.4, -0.2) is 34.8 Å². The second-order valence-corrected chi connectivity index (χ2v) is 5.98. The van der Waals surface area contributed by atoms with E-state index in [0.29, 0.717) is 17.9 Å². The van der Waals surface area contributed by atoms with Crippen molar-refractivity contribution in [1.82, 2.24) is 0 Å². The maximum Gasteiger partial charge on any atom is 0.272 e. The molecule has 0 radical (unpaired) electrons. The summed E-state index contributed by atoms with van der Waals surface area (Å²) >= 11 is 0. The number of hydrogen-bond donors (Lipinski definition) is 2. The van der Waals surface area contributed by atoms with Gasteiger partial charge < -0.3 is 15.2 Å². The minimum atomic E-state index is -0.579. The van der Waals surface area contributed by atoms with Crippen LogP contribution in [-0.2, 0) is 0 Å². The van der Waals surface area contributed by atoms with Gasteiger partial charge in [0.1, 0.15) is 25.0 Å². The van der Waals surface area contributed by atoms with Gasteiger partial charge in [0.25, 0.3) is 5.69 Å². The molecule has 0 unspecified atom stereocenters. The Morgan fingerprint density at radius 1 is 1.45 bits per heavy atom. The molecule has 0 fully saturated rings. The van der Waals surface area contributed by atoms with Gasteiger partial charge in [-0.25, -0.2) is 0 Å². The molecule has 0 bridgehead atoms. The number of nitrogens with two attached hydrogens (primary N) is 1. The molecule has 6 nitrogen and oxygen atoms in total. The molecule has 0 aliphatic heterocycles. The number of rotatable bonds is 6. The summed E-state index contributed by atoms with van der Waals surface area (Å²) in [6.07, 6.45) is -0.579. The van der Waals surface area contributed by atoms with Crippen LogP contribution < -0.4 is 10.1 Å². The van der Waals surface area contributed by atoms with Crippen molar-refractivity contribution < 1.29 is 20.1 Å². The summed E-state index contributed by atoms with van der Waals surface area (Å²) in [5.74, 6) is 0.530. The number of aryl methyl sites for hydroxylation is 1. The lowest BCUT2D eigenvalue weighted by molar-refractivity contribution is -0.722. The Kier molecular flexibility index (Phi) is 5.47. The van der Waals surface area contributed by atoms with Crippen molar-refractivity contribution in [3.05, 3.63) is 33.9 Å². The van der Waals surface area contributed by atoms with Gasteiger partial charge in [0.15, 0.2) is 0 Å². The predicted octanol–water partition coefficient (Wildman–Crippen LogP) is 1.00. The minimum Gasteiger partial charge on any atom is -0.491 e. The van der Waals surface area contributed by atoms with Crippen molar-refractivity contribution in [2.45, 2.75) is 39.3 Å². The number of nitro benzene ring substituents is 1. The average Bonchev–Trinajstić information content (AvgIpc) is 2.32. The number of aliphatic hydroxyl groups is 1. The summed E-state index contributed by atoms with van der Waals surface area (Å²) in [5.41, 5.74) is 0.674. The van der Waals surface area contributed by atoms with E-state index in [0.717, 1.165) is 0 Å². The van der Waals surface area contributed by atoms with Crippen molar-refractivity contribution in [2.75, 3.05) is 13.2 Å². The second-order valence-electron chi connectivity index (χ2n) is 5.98. The lowest BCUT2D eigenvalue weighted by Gasteiger charge is -2.19. The van der Waals surface area contributed by atoms with Gasteiger partial charge in [-0.15, -0.1) is 0 Å². The second kappa shape index (κ2) is 6.67. The summed E-state index contributed by atoms with van der Waals surface area (Å²) in [5, 5.41) is 22.6. The molecule has 1 atom stereocenters. The van der Waals surface area contributed by atoms with Gasteiger partial charge in [-0.05, 0) is 39.8 Å². The number of aliphatic hydroxyl groups excluding tert-OH is 1. The van der Waals surface area contributed by atoms with Crippen LogP contribution in [0, 0.1) is 17.0 Å². The van der Waals surface area contributed by atoms with E-state index in [2.05, 4.69) is 20.8 Å². The van der Waals surface area contributed by atoms with E-state index < -0.39 is 11.0 Å². The Morgan fingerprint density at radius 2 is 2.10 bits per heavy atom. The van der Waals surface area contributed by atoms with Crippen molar-refractivity contribution in [2.24, 2.45) is 0 Å². The molecule has 0 heterocycles. The van der Waals surface area contributed by atoms with Gasteiger partial charge in [0, 0.05) is 11.6 Å². The number of ether oxygens (including phenoxy) is 1. The molecule has 0 aromatic heterocycles. The third kappa shape index (κ3) is 5.54. The molecule has 1 aromatic carbocycles. The van der Waals surface area contributed by atoms with E-state index in [-0.39, 0.29) is 17.8 Å². The zero-order valence-electron chi connectivity index (χ0n) is 12.4. The number of nitrogens with zero attached hydrogens (tertiary/aromatic N) is 1. The molecule has 20 heavy (non-hydrogen) atoms. The van der Waals surface area contributed by atoms with Crippen molar-refractivity contribution in [3.8, 4) is 5.75 Å². The highest BCUT2D eigenvalue weighted by Crippen LogP contribution is 2.22. The van der Waals surface area contributed by atoms with Gasteiger partial charge in [-0.1, -0.05) is 0 Å². The fourth-order valence-electron chi connectivity index (χ4n) is 1.67. The Hall–Kier alpha value is -1.66. The molecular weight excluding hydrogens is 260 g/mol. The summed E-state index contributed by atoms with van der Waals surface area (Å²) < 4.78 is 5.46. The molecule has 0 aliphatic rings. The summed E-state index contributed by atoms with van der Waals surface area (Å²) in [4.78, 5) is 10.3. The van der Waals surface area contributed by atoms with Crippen LogP contribution in [0.15, 0.2) is 18.2 Å². The first-order valence-corrected chi connectivity index (χ1v) is 6.59. The lowest BCUT2D eigenvalue weighted by Crippen LogP contribution is -2.96. The highest BCUT2D eigenvalue weighted by molar-refractivity contribution is 5.44. The summed E-state index contributed by atoms with van der Waals surface area (Å²) in [6, 6.07) is 4.57. The Morgan fingerprint density at radius 3 is 2.60 bits per heavy atom. The highest BCUT2D eigenvalue weighted by Gasteiger charge is 2.17. The van der Waals surface area contributed by atoms with Crippen LogP contribution in [0.1, 0.15) is 26.3 Å². The first-order chi connectivity index (χ1) is 9.19. The molecule has 0 saturated heterocycles. The molecule has 0 amide bonds. The van der Waals surface area contributed by atoms with Gasteiger partial charge >= 0.3 is 0 Å². The smallest absolute Gasteiger partial charge is 0.272 e. The maximum absolute atomic E-state index is 10.7. The third-order valence-electron chi connectivity index (χ3n) is 2.81. The molecule has 1 rings (SSSR count). The van der Waals surface area contributed by atoms with E-state index in [1.807, 2.05) is 5.32 Å². The zero-order chi connectivity index (χ0) is 15.3. The molecule has 3 N–H and O–H groups in total. The molecular formula is C14H23N2O4+. The topological polar surface area (TPSA) is 89.2 Å². The SMILES string of the molecule is Cc1cc(OC[C@@H](O)C[NH2+]C(C)(C)C)ccc1[N+](=O)[O-]. The van der Waals surface area contributed by atoms with Crippen LogP contribution in [0.5, 0.6) is 5.75 Å². The van der Waals surface area contributed by atoms with Gasteiger partial charge in [-0.3, -0.25) is 10.1 Å². The predicted molar refractivity (Wildman–Crippen MR) is 75.9 cm³/mol. The minimum absolute atomic E-state index is 0.0604. The molecule has 0 saturated carbocycles. The van der Waals surface area contributed by atoms with Crippen LogP contribution in [0.4, 0.5) is 5.69 Å². The van der Waals surface area contributed by atoms with Crippen molar-refractivity contribution >= 4 is 5.69 Å². The van der Waals surface area contributed by atoms with Gasteiger partial charge in [-0.2, -0.15) is 0 Å². The number of hydrogen-bond acceptors (Lipinski definition) is 4. The standard InChI is InChI=1S/C14H22N2O4/c1-10-7-12(5-6-13(10)16(18)19)20-9-11(17)8-15-14(2,3)4/h5-7,11,15,17H,8-9H2,1-4H3/p+1/t11-/m0/s1. The van der Waals surface area contributed by atoms with Crippen LogP contribution in [0.3, 0.4) is 0 Å². The fourth-order valence-corrected chi connectivity index (χ4v) is 1.67. The van der Waals surface area contributed by atoms with E-state index in [9.17, 15) is 15.2 Å². The summed E-state index contributed by atoms with van der Waals surface area (Å²) in [7, 11) is 0. The molecule has 6 heteroatoms. The van der Waals surface area contributed by atoms with E-state index in [4.69, 9.17) is 4.74 Å². The van der Waals surface area contributed by atoms with Crippen LogP contribution in [0.25, 0.3) is 0 Å². The maximum atomic E-state index is 10.7. The number of quaternary nitrogens is 1. The average molecular weight is 283 g/mol. The molecule has 0 spiro atoms. The summed E-state index contributed by atoms with van der Waals surface area (Å²) in [6.45, 7) is 8.59. The Balaban J connectivity index is 2.50. The van der Waals surface area contributed by atoms with Gasteiger partial charge in [0.05, 0.1) is 10.5 Å².